The van der Waals surface area contributed by atoms with Crippen molar-refractivity contribution in [1.29, 1.82) is 0 Å². The van der Waals surface area contributed by atoms with E-state index >= 15 is 0 Å². The number of nitrogens with two attached hydrogens (primary N) is 1. The molecule has 146 valence electrons. The highest BCUT2D eigenvalue weighted by Gasteiger charge is 2.39. The molecular weight excluding hydrogens is 302 g/mol. The third kappa shape index (κ3) is 12.0. The van der Waals surface area contributed by atoms with Crippen molar-refractivity contribution in [3.8, 4) is 0 Å². The summed E-state index contributed by atoms with van der Waals surface area (Å²) in [5.74, 6) is 0.0156. The molecule has 0 saturated carbocycles. The van der Waals surface area contributed by atoms with Crippen molar-refractivity contribution in [2.75, 3.05) is 27.9 Å². The Morgan fingerprint density at radius 2 is 1.42 bits per heavy atom. The number of unbranched alkanes of at least 4 members (excludes halogenated alkanes) is 5. The van der Waals surface area contributed by atoms with Crippen LogP contribution in [0, 0.1) is 11.8 Å². The molecule has 1 unspecified atom stereocenters. The first-order valence-electron chi connectivity index (χ1n) is 9.44. The number of methoxy groups -OCH3 is 3. The summed E-state index contributed by atoms with van der Waals surface area (Å²) in [6, 6.07) is 0. The maximum atomic E-state index is 5.55. The summed E-state index contributed by atoms with van der Waals surface area (Å²) in [6.45, 7) is 10.7. The second kappa shape index (κ2) is 17.4. The average molecular weight is 346 g/mol. The van der Waals surface area contributed by atoms with E-state index in [1.165, 1.54) is 38.5 Å². The molecule has 0 saturated heterocycles. The summed E-state index contributed by atoms with van der Waals surface area (Å²) in [5, 5.41) is 0. The zero-order valence-electron chi connectivity index (χ0n) is 17.1. The van der Waals surface area contributed by atoms with Crippen molar-refractivity contribution >= 4 is 0 Å². The highest BCUT2D eigenvalue weighted by molar-refractivity contribution is 4.72. The van der Waals surface area contributed by atoms with Crippen LogP contribution in [0.5, 0.6) is 0 Å². The van der Waals surface area contributed by atoms with Crippen LogP contribution in [0.4, 0.5) is 0 Å². The second-order valence-electron chi connectivity index (χ2n) is 6.62. The van der Waals surface area contributed by atoms with Gasteiger partial charge in [-0.15, -0.1) is 6.58 Å². The smallest absolute Gasteiger partial charge is 0.285 e. The van der Waals surface area contributed by atoms with Crippen LogP contribution in [0.3, 0.4) is 0 Å². The van der Waals surface area contributed by atoms with Gasteiger partial charge in [-0.1, -0.05) is 65.4 Å². The normalized spacial score (nSPS) is 12.7. The molecular formula is C20H43NO3. The van der Waals surface area contributed by atoms with Gasteiger partial charge in [-0.25, -0.2) is 0 Å². The average Bonchev–Trinajstić information content (AvgIpc) is 2.59. The van der Waals surface area contributed by atoms with Gasteiger partial charge in [-0.3, -0.25) is 0 Å². The van der Waals surface area contributed by atoms with Crippen molar-refractivity contribution in [2.45, 2.75) is 78.1 Å². The van der Waals surface area contributed by atoms with Crippen LogP contribution < -0.4 is 5.73 Å². The van der Waals surface area contributed by atoms with Gasteiger partial charge in [0.25, 0.3) is 5.97 Å². The van der Waals surface area contributed by atoms with Gasteiger partial charge in [-0.05, 0) is 18.8 Å². The molecule has 0 spiro atoms. The van der Waals surface area contributed by atoms with Gasteiger partial charge in [0.15, 0.2) is 0 Å². The largest absolute Gasteiger partial charge is 0.331 e. The van der Waals surface area contributed by atoms with Gasteiger partial charge in [-0.2, -0.15) is 0 Å². The van der Waals surface area contributed by atoms with E-state index in [0.717, 1.165) is 12.8 Å². The first kappa shape index (κ1) is 25.8. The summed E-state index contributed by atoms with van der Waals surface area (Å²) >= 11 is 0. The van der Waals surface area contributed by atoms with E-state index in [4.69, 9.17) is 19.9 Å². The fourth-order valence-electron chi connectivity index (χ4n) is 2.93. The molecule has 0 bridgehead atoms. The lowest BCUT2D eigenvalue weighted by molar-refractivity contribution is -0.381. The monoisotopic (exact) mass is 345 g/mol. The molecule has 24 heavy (non-hydrogen) atoms. The molecule has 0 aliphatic carbocycles. The van der Waals surface area contributed by atoms with Crippen molar-refractivity contribution in [3.63, 3.8) is 0 Å². The van der Waals surface area contributed by atoms with E-state index in [-0.39, 0.29) is 5.92 Å². The Kier molecular flexibility index (Phi) is 18.7. The zero-order valence-corrected chi connectivity index (χ0v) is 17.1. The predicted molar refractivity (Wildman–Crippen MR) is 104 cm³/mol. The van der Waals surface area contributed by atoms with Gasteiger partial charge < -0.3 is 19.9 Å². The van der Waals surface area contributed by atoms with Gasteiger partial charge in [0.2, 0.25) is 0 Å². The van der Waals surface area contributed by atoms with Gasteiger partial charge in [0.1, 0.15) is 0 Å². The number of ether oxygens (including phenoxy) is 3. The van der Waals surface area contributed by atoms with Crippen LogP contribution in [0.25, 0.3) is 0 Å². The first-order chi connectivity index (χ1) is 11.5. The second-order valence-corrected chi connectivity index (χ2v) is 6.62. The number of hydrogen-bond acceptors (Lipinski definition) is 4. The Labute approximate surface area is 151 Å². The van der Waals surface area contributed by atoms with Gasteiger partial charge >= 0.3 is 0 Å². The molecule has 1 atom stereocenters. The van der Waals surface area contributed by atoms with Crippen molar-refractivity contribution in [3.05, 3.63) is 12.7 Å². The van der Waals surface area contributed by atoms with E-state index in [2.05, 4.69) is 27.4 Å². The van der Waals surface area contributed by atoms with E-state index in [1.54, 1.807) is 27.4 Å². The van der Waals surface area contributed by atoms with Crippen LogP contribution >= 0.6 is 0 Å². The first-order valence-corrected chi connectivity index (χ1v) is 9.44. The maximum absolute atomic E-state index is 5.55. The Balaban J connectivity index is 0. The summed E-state index contributed by atoms with van der Waals surface area (Å²) in [4.78, 5) is 0. The maximum Gasteiger partial charge on any atom is 0.285 e. The van der Waals surface area contributed by atoms with Crippen LogP contribution in [-0.4, -0.2) is 33.8 Å². The van der Waals surface area contributed by atoms with Crippen molar-refractivity contribution in [1.82, 2.24) is 0 Å². The molecule has 0 aromatic heterocycles. The molecule has 0 radical (unpaired) electrons. The van der Waals surface area contributed by atoms with Gasteiger partial charge in [0, 0.05) is 33.8 Å². The molecule has 0 aliphatic rings. The molecule has 0 rings (SSSR count). The molecule has 4 nitrogen and oxygen atoms in total. The molecule has 0 aromatic carbocycles. The lowest BCUT2D eigenvalue weighted by Gasteiger charge is -2.37. The minimum Gasteiger partial charge on any atom is -0.331 e. The fourth-order valence-corrected chi connectivity index (χ4v) is 2.93. The Morgan fingerprint density at radius 3 is 1.79 bits per heavy atom. The predicted octanol–water partition coefficient (Wildman–Crippen LogP) is 5.12. The molecule has 0 aromatic rings. The van der Waals surface area contributed by atoms with E-state index in [1.807, 2.05) is 0 Å². The Morgan fingerprint density at radius 1 is 0.958 bits per heavy atom. The lowest BCUT2D eigenvalue weighted by Crippen LogP contribution is -2.44. The molecule has 0 amide bonds. The fraction of sp³-hybridized carbons (Fsp3) is 0.900. The standard InChI is InChI=1S/C17H36O3.C3H7N/c1-7-8-9-10-11-12-13-16(14-15(2)3)17(18-4,19-5)20-6;1-2-3-4/h15-16H,7-14H2,1-6H3;2H,1,3-4H2. The van der Waals surface area contributed by atoms with Crippen molar-refractivity contribution < 1.29 is 14.2 Å². The summed E-state index contributed by atoms with van der Waals surface area (Å²) in [7, 11) is 5.00. The molecule has 4 heteroatoms. The molecule has 0 fully saturated rings. The summed E-state index contributed by atoms with van der Waals surface area (Å²) in [5.41, 5.74) is 4.91. The number of hydrogen-bond donors (Lipinski definition) is 1. The highest BCUT2D eigenvalue weighted by Crippen LogP contribution is 2.33. The summed E-state index contributed by atoms with van der Waals surface area (Å²) < 4.78 is 16.7. The minimum atomic E-state index is -0.881. The van der Waals surface area contributed by atoms with E-state index in [0.29, 0.717) is 12.5 Å². The number of rotatable bonds is 14. The SMILES string of the molecule is C=CCN.CCCCCCCCC(CC(C)C)C(OC)(OC)OC. The molecule has 0 heterocycles. The lowest BCUT2D eigenvalue weighted by atomic mass is 9.89. The molecule has 2 N–H and O–H groups in total. The van der Waals surface area contributed by atoms with E-state index < -0.39 is 5.97 Å². The topological polar surface area (TPSA) is 53.7 Å². The third-order valence-corrected chi connectivity index (χ3v) is 4.18. The van der Waals surface area contributed by atoms with Crippen LogP contribution in [0.2, 0.25) is 0 Å². The summed E-state index contributed by atoms with van der Waals surface area (Å²) in [6.07, 6.45) is 11.7. The van der Waals surface area contributed by atoms with Crippen molar-refractivity contribution in [2.24, 2.45) is 17.6 Å². The molecule has 0 aliphatic heterocycles. The zero-order chi connectivity index (χ0) is 18.8. The third-order valence-electron chi connectivity index (χ3n) is 4.18. The van der Waals surface area contributed by atoms with E-state index in [9.17, 15) is 0 Å². The minimum absolute atomic E-state index is 0.286. The van der Waals surface area contributed by atoms with Gasteiger partial charge in [0.05, 0.1) is 0 Å². The Bertz CT molecular complexity index is 257. The quantitative estimate of drug-likeness (QED) is 0.269. The van der Waals surface area contributed by atoms with Crippen LogP contribution in [0.1, 0.15) is 72.1 Å². The van der Waals surface area contributed by atoms with Crippen LogP contribution in [-0.2, 0) is 14.2 Å². The Hall–Kier alpha value is -0.420. The van der Waals surface area contributed by atoms with Crippen LogP contribution in [0.15, 0.2) is 12.7 Å². The highest BCUT2D eigenvalue weighted by atomic mass is 16.9.